The molecule has 7 nitrogen and oxygen atoms in total. The van der Waals surface area contributed by atoms with E-state index in [4.69, 9.17) is 0 Å². The summed E-state index contributed by atoms with van der Waals surface area (Å²) in [6.07, 6.45) is 2.14. The van der Waals surface area contributed by atoms with Crippen molar-refractivity contribution in [2.24, 2.45) is 11.3 Å². The van der Waals surface area contributed by atoms with E-state index in [9.17, 15) is 4.79 Å². The van der Waals surface area contributed by atoms with E-state index in [1.807, 2.05) is 44.2 Å². The van der Waals surface area contributed by atoms with Crippen LogP contribution in [0.25, 0.3) is 11.4 Å². The van der Waals surface area contributed by atoms with E-state index in [0.717, 1.165) is 31.5 Å². The van der Waals surface area contributed by atoms with Gasteiger partial charge in [-0.15, -0.1) is 10.2 Å². The minimum atomic E-state index is -0.467. The molecule has 2 N–H and O–H groups in total. The first-order chi connectivity index (χ1) is 12.5. The van der Waals surface area contributed by atoms with Crippen LogP contribution in [0, 0.1) is 11.3 Å². The highest BCUT2D eigenvalue weighted by molar-refractivity contribution is 5.80. The molecule has 1 amide bonds. The quantitative estimate of drug-likeness (QED) is 0.827. The second-order valence-electron chi connectivity index (χ2n) is 7.77. The van der Waals surface area contributed by atoms with Crippen molar-refractivity contribution in [1.82, 2.24) is 30.8 Å². The normalized spacial score (nSPS) is 17.8. The second-order valence-corrected chi connectivity index (χ2v) is 7.77. The predicted octanol–water partition coefficient (Wildman–Crippen LogP) is 2.04. The van der Waals surface area contributed by atoms with Crippen LogP contribution in [0.3, 0.4) is 0 Å². The highest BCUT2D eigenvalue weighted by Crippen LogP contribution is 2.27. The zero-order valence-corrected chi connectivity index (χ0v) is 15.8. The number of carbonyl (C=O) groups is 1. The largest absolute Gasteiger partial charge is 0.354 e. The van der Waals surface area contributed by atoms with Gasteiger partial charge in [-0.2, -0.15) is 4.80 Å². The minimum absolute atomic E-state index is 0.0447. The summed E-state index contributed by atoms with van der Waals surface area (Å²) in [6.45, 7) is 8.93. The van der Waals surface area contributed by atoms with Crippen LogP contribution in [0.15, 0.2) is 30.3 Å². The summed E-state index contributed by atoms with van der Waals surface area (Å²) < 4.78 is 0. The van der Waals surface area contributed by atoms with Crippen LogP contribution in [0.1, 0.15) is 39.7 Å². The highest BCUT2D eigenvalue weighted by Gasteiger charge is 2.31. The zero-order chi connectivity index (χ0) is 18.6. The predicted molar refractivity (Wildman–Crippen MR) is 100 cm³/mol. The summed E-state index contributed by atoms with van der Waals surface area (Å²) >= 11 is 0. The molecular formula is C19H28N6O. The number of hydrogen-bond acceptors (Lipinski definition) is 5. The third-order valence-corrected chi connectivity index (χ3v) is 5.11. The van der Waals surface area contributed by atoms with Crippen molar-refractivity contribution < 1.29 is 4.79 Å². The minimum Gasteiger partial charge on any atom is -0.354 e. The van der Waals surface area contributed by atoms with Gasteiger partial charge in [0, 0.05) is 12.1 Å². The Hall–Kier alpha value is -2.28. The number of piperidine rings is 1. The van der Waals surface area contributed by atoms with Gasteiger partial charge in [-0.25, -0.2) is 0 Å². The highest BCUT2D eigenvalue weighted by atomic mass is 16.2. The summed E-state index contributed by atoms with van der Waals surface area (Å²) in [6, 6.07) is 9.21. The van der Waals surface area contributed by atoms with E-state index in [2.05, 4.69) is 33.0 Å². The lowest BCUT2D eigenvalue weighted by atomic mass is 9.81. The molecular weight excluding hydrogens is 328 g/mol. The van der Waals surface area contributed by atoms with Crippen molar-refractivity contribution in [2.45, 2.75) is 39.7 Å². The molecule has 1 aromatic carbocycles. The standard InChI is InChI=1S/C19H28N6O/c1-14(2)16(18(26)21-13-19(3)9-11-20-12-10-19)25-23-17(22-24-25)15-7-5-4-6-8-15/h4-8,14,16,20H,9-13H2,1-3H3,(H,21,26). The lowest BCUT2D eigenvalue weighted by molar-refractivity contribution is -0.126. The Morgan fingerprint density at radius 3 is 2.62 bits per heavy atom. The smallest absolute Gasteiger partial charge is 0.247 e. The maximum atomic E-state index is 12.9. The van der Waals surface area contributed by atoms with Gasteiger partial charge < -0.3 is 10.6 Å². The number of nitrogens with zero attached hydrogens (tertiary/aromatic N) is 4. The molecule has 0 aliphatic carbocycles. The van der Waals surface area contributed by atoms with E-state index in [-0.39, 0.29) is 17.2 Å². The van der Waals surface area contributed by atoms with Crippen LogP contribution in [-0.4, -0.2) is 45.7 Å². The fourth-order valence-electron chi connectivity index (χ4n) is 3.33. The average Bonchev–Trinajstić information content (AvgIpc) is 3.11. The van der Waals surface area contributed by atoms with Crippen molar-refractivity contribution >= 4 is 5.91 Å². The van der Waals surface area contributed by atoms with Gasteiger partial charge in [-0.3, -0.25) is 4.79 Å². The van der Waals surface area contributed by atoms with E-state index in [1.165, 1.54) is 4.80 Å². The Balaban J connectivity index is 1.70. The molecule has 0 spiro atoms. The van der Waals surface area contributed by atoms with Crippen molar-refractivity contribution in [3.63, 3.8) is 0 Å². The first-order valence-electron chi connectivity index (χ1n) is 9.32. The van der Waals surface area contributed by atoms with Gasteiger partial charge >= 0.3 is 0 Å². The van der Waals surface area contributed by atoms with E-state index >= 15 is 0 Å². The van der Waals surface area contributed by atoms with Gasteiger partial charge in [-0.1, -0.05) is 51.1 Å². The molecule has 0 radical (unpaired) electrons. The number of aromatic nitrogens is 4. The molecule has 1 atom stereocenters. The van der Waals surface area contributed by atoms with Crippen LogP contribution in [0.4, 0.5) is 0 Å². The van der Waals surface area contributed by atoms with Crippen molar-refractivity contribution in [3.05, 3.63) is 30.3 Å². The monoisotopic (exact) mass is 356 g/mol. The number of carbonyl (C=O) groups excluding carboxylic acids is 1. The van der Waals surface area contributed by atoms with E-state index in [0.29, 0.717) is 12.4 Å². The van der Waals surface area contributed by atoms with Crippen LogP contribution in [-0.2, 0) is 4.79 Å². The van der Waals surface area contributed by atoms with Crippen LogP contribution in [0.5, 0.6) is 0 Å². The number of rotatable bonds is 6. The SMILES string of the molecule is CC(C)C(C(=O)NCC1(C)CCNCC1)n1nnc(-c2ccccc2)n1. The maximum Gasteiger partial charge on any atom is 0.247 e. The van der Waals surface area contributed by atoms with Crippen molar-refractivity contribution in [2.75, 3.05) is 19.6 Å². The number of tetrazole rings is 1. The first-order valence-corrected chi connectivity index (χ1v) is 9.32. The molecule has 0 bridgehead atoms. The topological polar surface area (TPSA) is 84.7 Å². The number of nitrogens with one attached hydrogen (secondary N) is 2. The molecule has 1 aromatic heterocycles. The van der Waals surface area contributed by atoms with Crippen molar-refractivity contribution in [3.8, 4) is 11.4 Å². The third-order valence-electron chi connectivity index (χ3n) is 5.11. The molecule has 1 unspecified atom stereocenters. The third kappa shape index (κ3) is 4.27. The van der Waals surface area contributed by atoms with Crippen LogP contribution >= 0.6 is 0 Å². The second kappa shape index (κ2) is 7.95. The van der Waals surface area contributed by atoms with Gasteiger partial charge in [-0.05, 0) is 42.5 Å². The summed E-state index contributed by atoms with van der Waals surface area (Å²) in [5.74, 6) is 0.555. The zero-order valence-electron chi connectivity index (χ0n) is 15.8. The molecule has 1 aliphatic rings. The summed E-state index contributed by atoms with van der Waals surface area (Å²) in [7, 11) is 0. The molecule has 0 saturated carbocycles. The Labute approximate surface area is 154 Å². The fourth-order valence-corrected chi connectivity index (χ4v) is 3.33. The van der Waals surface area contributed by atoms with Gasteiger partial charge in [0.2, 0.25) is 11.7 Å². The number of hydrogen-bond donors (Lipinski definition) is 2. The molecule has 1 fully saturated rings. The molecule has 7 heteroatoms. The van der Waals surface area contributed by atoms with Crippen LogP contribution < -0.4 is 10.6 Å². The Kier molecular flexibility index (Phi) is 5.66. The van der Waals surface area contributed by atoms with Gasteiger partial charge in [0.15, 0.2) is 6.04 Å². The first kappa shape index (κ1) is 18.5. The average molecular weight is 356 g/mol. The van der Waals surface area contributed by atoms with Crippen molar-refractivity contribution in [1.29, 1.82) is 0 Å². The van der Waals surface area contributed by atoms with Gasteiger partial charge in [0.25, 0.3) is 0 Å². The van der Waals surface area contributed by atoms with Gasteiger partial charge in [0.1, 0.15) is 0 Å². The molecule has 3 rings (SSSR count). The van der Waals surface area contributed by atoms with Gasteiger partial charge in [0.05, 0.1) is 0 Å². The van der Waals surface area contributed by atoms with Crippen LogP contribution in [0.2, 0.25) is 0 Å². The summed E-state index contributed by atoms with van der Waals surface area (Å²) in [4.78, 5) is 14.3. The van der Waals surface area contributed by atoms with E-state index < -0.39 is 6.04 Å². The molecule has 26 heavy (non-hydrogen) atoms. The maximum absolute atomic E-state index is 12.9. The molecule has 1 saturated heterocycles. The molecule has 2 heterocycles. The lowest BCUT2D eigenvalue weighted by Crippen LogP contribution is -2.45. The number of amides is 1. The Morgan fingerprint density at radius 1 is 1.27 bits per heavy atom. The number of benzene rings is 1. The molecule has 140 valence electrons. The fraction of sp³-hybridized carbons (Fsp3) is 0.579. The molecule has 1 aliphatic heterocycles. The molecule has 2 aromatic rings. The lowest BCUT2D eigenvalue weighted by Gasteiger charge is -2.34. The van der Waals surface area contributed by atoms with E-state index in [1.54, 1.807) is 0 Å². The Bertz CT molecular complexity index is 721. The summed E-state index contributed by atoms with van der Waals surface area (Å²) in [5, 5.41) is 19.2. The summed E-state index contributed by atoms with van der Waals surface area (Å²) in [5.41, 5.74) is 1.04. The Morgan fingerprint density at radius 2 is 1.96 bits per heavy atom.